The molecule has 33 heavy (non-hydrogen) atoms. The molecule has 3 rings (SSSR count). The van der Waals surface area contributed by atoms with E-state index >= 15 is 0 Å². The second kappa shape index (κ2) is 10.8. The molecule has 0 unspecified atom stereocenters. The first-order valence-electron chi connectivity index (χ1n) is 10.7. The highest BCUT2D eigenvalue weighted by Gasteiger charge is 2.23. The number of aliphatic carboxylic acids is 1. The number of halogens is 1. The van der Waals surface area contributed by atoms with Crippen LogP contribution in [0.2, 0.25) is 0 Å². The molecule has 2 atom stereocenters. The van der Waals surface area contributed by atoms with Crippen molar-refractivity contribution in [1.82, 2.24) is 10.3 Å². The number of rotatable bonds is 10. The molecule has 2 N–H and O–H groups in total. The van der Waals surface area contributed by atoms with Crippen molar-refractivity contribution in [1.29, 1.82) is 0 Å². The molecule has 1 amide bonds. The number of nitrogens with one attached hydrogen (secondary N) is 1. The second-order valence-electron chi connectivity index (χ2n) is 7.86. The van der Waals surface area contributed by atoms with Crippen LogP contribution >= 0.6 is 0 Å². The Morgan fingerprint density at radius 3 is 2.55 bits per heavy atom. The van der Waals surface area contributed by atoms with Crippen molar-refractivity contribution in [3.05, 3.63) is 71.7 Å². The van der Waals surface area contributed by atoms with Crippen LogP contribution in [0.1, 0.15) is 42.3 Å². The van der Waals surface area contributed by atoms with E-state index in [1.54, 1.807) is 13.0 Å². The SMILES string of the molecule is CCc1ncc(C(=O)N[C@H](Cc2ccc(-c3cc(F)ccc3OC)cc2)C[C@@H](C)C(=O)O)o1. The van der Waals surface area contributed by atoms with Crippen LogP contribution in [-0.4, -0.2) is 35.1 Å². The van der Waals surface area contributed by atoms with Crippen LogP contribution < -0.4 is 10.1 Å². The summed E-state index contributed by atoms with van der Waals surface area (Å²) in [5.74, 6) is -1.27. The second-order valence-corrected chi connectivity index (χ2v) is 7.86. The van der Waals surface area contributed by atoms with Crippen molar-refractivity contribution in [2.24, 2.45) is 5.92 Å². The van der Waals surface area contributed by atoms with Gasteiger partial charge in [0.15, 0.2) is 5.89 Å². The summed E-state index contributed by atoms with van der Waals surface area (Å²) >= 11 is 0. The van der Waals surface area contributed by atoms with Gasteiger partial charge in [0.25, 0.3) is 5.91 Å². The Morgan fingerprint density at radius 2 is 1.94 bits per heavy atom. The first-order chi connectivity index (χ1) is 15.8. The summed E-state index contributed by atoms with van der Waals surface area (Å²) in [6.45, 7) is 3.47. The van der Waals surface area contributed by atoms with Gasteiger partial charge in [0.05, 0.1) is 19.2 Å². The first kappa shape index (κ1) is 24.0. The molecule has 2 aromatic carbocycles. The summed E-state index contributed by atoms with van der Waals surface area (Å²) in [4.78, 5) is 28.1. The van der Waals surface area contributed by atoms with Crippen molar-refractivity contribution in [2.75, 3.05) is 7.11 Å². The number of aryl methyl sites for hydroxylation is 1. The Morgan fingerprint density at radius 1 is 1.21 bits per heavy atom. The van der Waals surface area contributed by atoms with E-state index in [0.29, 0.717) is 30.0 Å². The minimum Gasteiger partial charge on any atom is -0.496 e. The molecule has 1 aromatic heterocycles. The van der Waals surface area contributed by atoms with E-state index in [9.17, 15) is 19.1 Å². The highest BCUT2D eigenvalue weighted by atomic mass is 19.1. The quantitative estimate of drug-likeness (QED) is 0.468. The van der Waals surface area contributed by atoms with Gasteiger partial charge in [0.1, 0.15) is 11.6 Å². The van der Waals surface area contributed by atoms with Gasteiger partial charge in [-0.3, -0.25) is 9.59 Å². The third kappa shape index (κ3) is 6.19. The largest absolute Gasteiger partial charge is 0.496 e. The Hall–Kier alpha value is -3.68. The molecule has 0 saturated heterocycles. The molecule has 0 bridgehead atoms. The van der Waals surface area contributed by atoms with E-state index in [1.807, 2.05) is 31.2 Å². The number of amides is 1. The number of hydrogen-bond donors (Lipinski definition) is 2. The molecule has 0 aliphatic heterocycles. The van der Waals surface area contributed by atoms with Gasteiger partial charge in [-0.15, -0.1) is 0 Å². The van der Waals surface area contributed by atoms with Gasteiger partial charge in [-0.25, -0.2) is 9.37 Å². The van der Waals surface area contributed by atoms with Crippen LogP contribution in [-0.2, 0) is 17.6 Å². The van der Waals surface area contributed by atoms with Crippen LogP contribution in [0, 0.1) is 11.7 Å². The van der Waals surface area contributed by atoms with Crippen molar-refractivity contribution >= 4 is 11.9 Å². The highest BCUT2D eigenvalue weighted by Crippen LogP contribution is 2.31. The minimum absolute atomic E-state index is 0.0911. The van der Waals surface area contributed by atoms with Crippen molar-refractivity contribution in [3.63, 3.8) is 0 Å². The fourth-order valence-corrected chi connectivity index (χ4v) is 3.57. The van der Waals surface area contributed by atoms with Crippen LogP contribution in [0.5, 0.6) is 5.75 Å². The topological polar surface area (TPSA) is 102 Å². The number of oxazole rings is 1. The maximum Gasteiger partial charge on any atom is 0.306 e. The Labute approximate surface area is 191 Å². The zero-order valence-electron chi connectivity index (χ0n) is 18.8. The zero-order valence-corrected chi connectivity index (χ0v) is 18.8. The molecule has 3 aromatic rings. The first-order valence-corrected chi connectivity index (χ1v) is 10.7. The molecule has 0 fully saturated rings. The Balaban J connectivity index is 1.78. The average molecular weight is 454 g/mol. The number of methoxy groups -OCH3 is 1. The van der Waals surface area contributed by atoms with Crippen LogP contribution in [0.25, 0.3) is 11.1 Å². The maximum absolute atomic E-state index is 13.7. The molecular formula is C25H27FN2O5. The van der Waals surface area contributed by atoms with E-state index < -0.39 is 23.8 Å². The van der Waals surface area contributed by atoms with Crippen molar-refractivity contribution in [3.8, 4) is 16.9 Å². The van der Waals surface area contributed by atoms with Crippen LogP contribution in [0.4, 0.5) is 4.39 Å². The molecule has 0 spiro atoms. The zero-order chi connectivity index (χ0) is 24.0. The average Bonchev–Trinajstić information content (AvgIpc) is 3.29. The number of carboxylic acids is 1. The smallest absolute Gasteiger partial charge is 0.306 e. The molecule has 0 aliphatic rings. The fraction of sp³-hybridized carbons (Fsp3) is 0.320. The summed E-state index contributed by atoms with van der Waals surface area (Å²) in [5, 5.41) is 12.2. The minimum atomic E-state index is -0.935. The van der Waals surface area contributed by atoms with Gasteiger partial charge in [-0.1, -0.05) is 38.1 Å². The normalized spacial score (nSPS) is 12.7. The predicted molar refractivity (Wildman–Crippen MR) is 121 cm³/mol. The van der Waals surface area contributed by atoms with E-state index in [0.717, 1.165) is 11.1 Å². The van der Waals surface area contributed by atoms with Gasteiger partial charge in [-0.2, -0.15) is 0 Å². The molecule has 0 saturated carbocycles. The summed E-state index contributed by atoms with van der Waals surface area (Å²) in [6.07, 6.45) is 2.59. The van der Waals surface area contributed by atoms with E-state index in [-0.39, 0.29) is 18.0 Å². The summed E-state index contributed by atoms with van der Waals surface area (Å²) in [5.41, 5.74) is 2.30. The fourth-order valence-electron chi connectivity index (χ4n) is 3.57. The molecule has 0 radical (unpaired) electrons. The monoisotopic (exact) mass is 454 g/mol. The standard InChI is InChI=1S/C25H27FN2O5/c1-4-23-27-14-22(33-23)24(29)28-19(11-15(2)25(30)31)12-16-5-7-17(8-6-16)20-13-18(26)9-10-21(20)32-3/h5-10,13-15,19H,4,11-12H2,1-3H3,(H,28,29)(H,30,31)/t15-,19+/m1/s1. The molecule has 174 valence electrons. The number of nitrogens with zero attached hydrogens (tertiary/aromatic N) is 1. The number of benzene rings is 2. The number of ether oxygens (including phenoxy) is 1. The number of carboxylic acid groups (broad SMARTS) is 1. The van der Waals surface area contributed by atoms with Crippen LogP contribution in [0.15, 0.2) is 53.1 Å². The molecule has 1 heterocycles. The number of aromatic nitrogens is 1. The predicted octanol–water partition coefficient (Wildman–Crippen LogP) is 4.50. The van der Waals surface area contributed by atoms with E-state index in [4.69, 9.17) is 9.15 Å². The van der Waals surface area contributed by atoms with E-state index in [1.165, 1.54) is 25.4 Å². The number of hydrogen-bond acceptors (Lipinski definition) is 5. The number of carbonyl (C=O) groups is 2. The van der Waals surface area contributed by atoms with E-state index in [2.05, 4.69) is 10.3 Å². The Bertz CT molecular complexity index is 1110. The lowest BCUT2D eigenvalue weighted by Gasteiger charge is -2.20. The van der Waals surface area contributed by atoms with Crippen molar-refractivity contribution in [2.45, 2.75) is 39.2 Å². The molecule has 0 aliphatic carbocycles. The molecule has 8 heteroatoms. The summed E-state index contributed by atoms with van der Waals surface area (Å²) < 4.78 is 24.5. The van der Waals surface area contributed by atoms with Gasteiger partial charge in [0.2, 0.25) is 5.76 Å². The van der Waals surface area contributed by atoms with Crippen molar-refractivity contribution < 1.29 is 28.2 Å². The highest BCUT2D eigenvalue weighted by molar-refractivity contribution is 5.91. The van der Waals surface area contributed by atoms with Gasteiger partial charge < -0.3 is 19.6 Å². The number of carbonyl (C=O) groups excluding carboxylic acids is 1. The Kier molecular flexibility index (Phi) is 7.82. The lowest BCUT2D eigenvalue weighted by Crippen LogP contribution is -2.38. The third-order valence-electron chi connectivity index (χ3n) is 5.38. The maximum atomic E-state index is 13.7. The molecular weight excluding hydrogens is 427 g/mol. The lowest BCUT2D eigenvalue weighted by atomic mass is 9.94. The van der Waals surface area contributed by atoms with Crippen LogP contribution in [0.3, 0.4) is 0 Å². The van der Waals surface area contributed by atoms with Gasteiger partial charge in [0, 0.05) is 18.0 Å². The molecule has 7 nitrogen and oxygen atoms in total. The third-order valence-corrected chi connectivity index (χ3v) is 5.38. The van der Waals surface area contributed by atoms with Gasteiger partial charge >= 0.3 is 5.97 Å². The summed E-state index contributed by atoms with van der Waals surface area (Å²) in [7, 11) is 1.53. The van der Waals surface area contributed by atoms with Gasteiger partial charge in [-0.05, 0) is 42.2 Å². The lowest BCUT2D eigenvalue weighted by molar-refractivity contribution is -0.141. The summed E-state index contributed by atoms with van der Waals surface area (Å²) in [6, 6.07) is 11.3.